The maximum absolute atomic E-state index is 12.5. The first-order chi connectivity index (χ1) is 17.9. The summed E-state index contributed by atoms with van der Waals surface area (Å²) < 4.78 is 16.5. The van der Waals surface area contributed by atoms with Gasteiger partial charge in [0.05, 0.1) is 17.7 Å². The number of carbonyl (C=O) groups excluding carboxylic acids is 2. The standard InChI is InChI=1S/C30H28N2O5/c1-2-3-16-35-26-12-14-28(15-13-26)36-29(33)22-6-4-20(5-7-22)21-8-10-27(11-9-21)37-30(34)23-17-24(31)19-25(32)18-23/h4-15,17-19H,2-3,16,31-32H2,1H3. The van der Waals surface area contributed by atoms with Gasteiger partial charge in [-0.15, -0.1) is 0 Å². The molecule has 7 heteroatoms. The molecule has 0 aliphatic heterocycles. The van der Waals surface area contributed by atoms with Crippen LogP contribution in [0.4, 0.5) is 11.4 Å². The van der Waals surface area contributed by atoms with Crippen LogP contribution in [0.5, 0.6) is 17.2 Å². The van der Waals surface area contributed by atoms with Crippen molar-refractivity contribution < 1.29 is 23.8 Å². The lowest BCUT2D eigenvalue weighted by Crippen LogP contribution is -2.09. The van der Waals surface area contributed by atoms with Gasteiger partial charge in [0, 0.05) is 11.4 Å². The molecule has 0 saturated carbocycles. The molecule has 0 aliphatic rings. The van der Waals surface area contributed by atoms with Crippen LogP contribution < -0.4 is 25.7 Å². The molecular weight excluding hydrogens is 468 g/mol. The maximum Gasteiger partial charge on any atom is 0.343 e. The Morgan fingerprint density at radius 3 is 1.62 bits per heavy atom. The van der Waals surface area contributed by atoms with Crippen LogP contribution >= 0.6 is 0 Å². The SMILES string of the molecule is CCCCOc1ccc(OC(=O)c2ccc(-c3ccc(OC(=O)c4cc(N)cc(N)c4)cc3)cc2)cc1. The second-order valence-corrected chi connectivity index (χ2v) is 8.44. The highest BCUT2D eigenvalue weighted by Gasteiger charge is 2.12. The largest absolute Gasteiger partial charge is 0.494 e. The van der Waals surface area contributed by atoms with Gasteiger partial charge in [-0.1, -0.05) is 37.6 Å². The number of hydrogen-bond donors (Lipinski definition) is 2. The highest BCUT2D eigenvalue weighted by atomic mass is 16.5. The van der Waals surface area contributed by atoms with Gasteiger partial charge in [-0.2, -0.15) is 0 Å². The summed E-state index contributed by atoms with van der Waals surface area (Å²) in [5.41, 5.74) is 14.8. The number of carbonyl (C=O) groups is 2. The van der Waals surface area contributed by atoms with Crippen LogP contribution in [0.1, 0.15) is 40.5 Å². The van der Waals surface area contributed by atoms with Crippen LogP contribution in [-0.4, -0.2) is 18.5 Å². The van der Waals surface area contributed by atoms with Gasteiger partial charge in [-0.25, -0.2) is 9.59 Å². The molecule has 188 valence electrons. The van der Waals surface area contributed by atoms with Crippen molar-refractivity contribution in [3.8, 4) is 28.4 Å². The summed E-state index contributed by atoms with van der Waals surface area (Å²) in [5, 5.41) is 0. The van der Waals surface area contributed by atoms with E-state index in [2.05, 4.69) is 6.92 Å². The van der Waals surface area contributed by atoms with Crippen molar-refractivity contribution in [2.24, 2.45) is 0 Å². The van der Waals surface area contributed by atoms with Crippen LogP contribution in [0.25, 0.3) is 11.1 Å². The van der Waals surface area contributed by atoms with Crippen LogP contribution in [0.3, 0.4) is 0 Å². The van der Waals surface area contributed by atoms with E-state index in [1.165, 1.54) is 12.1 Å². The smallest absolute Gasteiger partial charge is 0.343 e. The summed E-state index contributed by atoms with van der Waals surface area (Å²) >= 11 is 0. The molecular formula is C30H28N2O5. The molecule has 4 N–H and O–H groups in total. The molecule has 0 saturated heterocycles. The van der Waals surface area contributed by atoms with Gasteiger partial charge in [0.2, 0.25) is 0 Å². The third kappa shape index (κ3) is 6.89. The number of esters is 2. The molecule has 0 unspecified atom stereocenters. The fraction of sp³-hybridized carbons (Fsp3) is 0.133. The molecule has 0 radical (unpaired) electrons. The normalized spacial score (nSPS) is 10.5. The quantitative estimate of drug-likeness (QED) is 0.124. The second-order valence-electron chi connectivity index (χ2n) is 8.44. The molecule has 4 aromatic carbocycles. The number of rotatable bonds is 9. The lowest BCUT2D eigenvalue weighted by atomic mass is 10.0. The lowest BCUT2D eigenvalue weighted by molar-refractivity contribution is 0.0725. The minimum atomic E-state index is -0.548. The predicted molar refractivity (Wildman–Crippen MR) is 144 cm³/mol. The van der Waals surface area contributed by atoms with Crippen molar-refractivity contribution in [2.45, 2.75) is 19.8 Å². The van der Waals surface area contributed by atoms with Crippen LogP contribution in [0.2, 0.25) is 0 Å². The monoisotopic (exact) mass is 496 g/mol. The van der Waals surface area contributed by atoms with Gasteiger partial charge in [-0.05, 0) is 84.3 Å². The topological polar surface area (TPSA) is 114 Å². The van der Waals surface area contributed by atoms with E-state index in [-0.39, 0.29) is 5.56 Å². The van der Waals surface area contributed by atoms with E-state index < -0.39 is 11.9 Å². The van der Waals surface area contributed by atoms with Crippen molar-refractivity contribution in [1.82, 2.24) is 0 Å². The maximum atomic E-state index is 12.5. The third-order valence-electron chi connectivity index (χ3n) is 5.53. The lowest BCUT2D eigenvalue weighted by Gasteiger charge is -2.09. The zero-order valence-electron chi connectivity index (χ0n) is 20.5. The van der Waals surface area contributed by atoms with Crippen LogP contribution in [0, 0.1) is 0 Å². The second kappa shape index (κ2) is 11.8. The van der Waals surface area contributed by atoms with Crippen molar-refractivity contribution in [1.29, 1.82) is 0 Å². The molecule has 0 aromatic heterocycles. The summed E-state index contributed by atoms with van der Waals surface area (Å²) in [5.74, 6) is 0.580. The molecule has 0 atom stereocenters. The minimum absolute atomic E-state index is 0.278. The van der Waals surface area contributed by atoms with Gasteiger partial charge in [0.15, 0.2) is 0 Å². The molecule has 0 spiro atoms. The number of nitrogens with two attached hydrogens (primary N) is 2. The molecule has 0 bridgehead atoms. The zero-order valence-corrected chi connectivity index (χ0v) is 20.5. The first-order valence-electron chi connectivity index (χ1n) is 11.9. The van der Waals surface area contributed by atoms with Crippen molar-refractivity contribution in [3.63, 3.8) is 0 Å². The zero-order chi connectivity index (χ0) is 26.2. The van der Waals surface area contributed by atoms with Crippen LogP contribution in [-0.2, 0) is 0 Å². The molecule has 0 heterocycles. The van der Waals surface area contributed by atoms with Gasteiger partial charge in [-0.3, -0.25) is 0 Å². The van der Waals surface area contributed by atoms with Gasteiger partial charge in [0.25, 0.3) is 0 Å². The summed E-state index contributed by atoms with van der Waals surface area (Å²) in [6.45, 7) is 2.77. The number of ether oxygens (including phenoxy) is 3. The van der Waals surface area contributed by atoms with Crippen molar-refractivity contribution in [3.05, 3.63) is 102 Å². The Morgan fingerprint density at radius 2 is 1.08 bits per heavy atom. The predicted octanol–water partition coefficient (Wildman–Crippen LogP) is 6.14. The number of unbranched alkanes of at least 4 members (excludes halogenated alkanes) is 1. The van der Waals surface area contributed by atoms with Gasteiger partial charge >= 0.3 is 11.9 Å². The molecule has 4 aromatic rings. The average Bonchev–Trinajstić information content (AvgIpc) is 2.90. The summed E-state index contributed by atoms with van der Waals surface area (Å²) in [4.78, 5) is 24.9. The highest BCUT2D eigenvalue weighted by Crippen LogP contribution is 2.25. The van der Waals surface area contributed by atoms with E-state index in [1.807, 2.05) is 24.3 Å². The van der Waals surface area contributed by atoms with Crippen molar-refractivity contribution >= 4 is 23.3 Å². The summed E-state index contributed by atoms with van der Waals surface area (Å²) in [6, 6.07) is 25.7. The third-order valence-corrected chi connectivity index (χ3v) is 5.53. The molecule has 7 nitrogen and oxygen atoms in total. The fourth-order valence-corrected chi connectivity index (χ4v) is 3.58. The number of benzene rings is 4. The Labute approximate surface area is 215 Å². The Bertz CT molecular complexity index is 1340. The minimum Gasteiger partial charge on any atom is -0.494 e. The van der Waals surface area contributed by atoms with Gasteiger partial charge in [0.1, 0.15) is 17.2 Å². The molecule has 37 heavy (non-hydrogen) atoms. The highest BCUT2D eigenvalue weighted by molar-refractivity contribution is 5.93. The molecule has 0 amide bonds. The van der Waals surface area contributed by atoms with E-state index in [4.69, 9.17) is 25.7 Å². The Balaban J connectivity index is 1.35. The Kier molecular flexibility index (Phi) is 8.05. The summed E-state index contributed by atoms with van der Waals surface area (Å²) in [6.07, 6.45) is 2.06. The summed E-state index contributed by atoms with van der Waals surface area (Å²) in [7, 11) is 0. The van der Waals surface area contributed by atoms with E-state index in [1.54, 1.807) is 54.6 Å². The first-order valence-corrected chi connectivity index (χ1v) is 11.9. The Hall–Kier alpha value is -4.78. The number of nitrogen functional groups attached to an aromatic ring is 2. The molecule has 0 fully saturated rings. The average molecular weight is 497 g/mol. The number of anilines is 2. The van der Waals surface area contributed by atoms with E-state index in [0.29, 0.717) is 35.0 Å². The first kappa shape index (κ1) is 25.3. The van der Waals surface area contributed by atoms with Crippen molar-refractivity contribution in [2.75, 3.05) is 18.1 Å². The number of hydrogen-bond acceptors (Lipinski definition) is 7. The molecule has 0 aliphatic carbocycles. The van der Waals surface area contributed by atoms with E-state index in [9.17, 15) is 9.59 Å². The van der Waals surface area contributed by atoms with Gasteiger partial charge < -0.3 is 25.7 Å². The van der Waals surface area contributed by atoms with E-state index >= 15 is 0 Å². The van der Waals surface area contributed by atoms with E-state index in [0.717, 1.165) is 29.7 Å². The fourth-order valence-electron chi connectivity index (χ4n) is 3.58. The Morgan fingerprint density at radius 1 is 0.622 bits per heavy atom. The van der Waals surface area contributed by atoms with Crippen LogP contribution in [0.15, 0.2) is 91.0 Å². The molecule has 4 rings (SSSR count).